The van der Waals surface area contributed by atoms with Crippen molar-refractivity contribution in [1.29, 1.82) is 0 Å². The standard InChI is InChI=1S/C12H21NO/c1-4-11(13-3)12(14-5-2)9-7-6-8-10-12/h1,11,13H,5-10H2,2-3H3. The molecule has 0 aromatic carbocycles. The maximum Gasteiger partial charge on any atom is 0.0978 e. The molecule has 80 valence electrons. The van der Waals surface area contributed by atoms with Gasteiger partial charge in [-0.1, -0.05) is 25.2 Å². The van der Waals surface area contributed by atoms with Crippen molar-refractivity contribution in [2.45, 2.75) is 50.7 Å². The van der Waals surface area contributed by atoms with Gasteiger partial charge in [0, 0.05) is 6.61 Å². The van der Waals surface area contributed by atoms with Gasteiger partial charge in [0.2, 0.25) is 0 Å². The Morgan fingerprint density at radius 1 is 1.43 bits per heavy atom. The van der Waals surface area contributed by atoms with E-state index in [0.717, 1.165) is 19.4 Å². The average Bonchev–Trinajstić information content (AvgIpc) is 2.21. The van der Waals surface area contributed by atoms with E-state index in [4.69, 9.17) is 11.2 Å². The van der Waals surface area contributed by atoms with Gasteiger partial charge in [0.25, 0.3) is 0 Å². The molecule has 0 radical (unpaired) electrons. The largest absolute Gasteiger partial charge is 0.373 e. The Hall–Kier alpha value is -0.520. The van der Waals surface area contributed by atoms with E-state index < -0.39 is 0 Å². The molecule has 0 saturated heterocycles. The molecule has 2 heteroatoms. The van der Waals surface area contributed by atoms with Crippen molar-refractivity contribution < 1.29 is 4.74 Å². The van der Waals surface area contributed by atoms with Crippen molar-refractivity contribution in [2.75, 3.05) is 13.7 Å². The third-order valence-corrected chi connectivity index (χ3v) is 3.11. The number of terminal acetylenes is 1. The second-order valence-corrected chi connectivity index (χ2v) is 3.95. The molecule has 2 nitrogen and oxygen atoms in total. The Labute approximate surface area is 87.4 Å². The molecule has 0 aromatic rings. The predicted molar refractivity (Wildman–Crippen MR) is 59.1 cm³/mol. The van der Waals surface area contributed by atoms with Gasteiger partial charge >= 0.3 is 0 Å². The summed E-state index contributed by atoms with van der Waals surface area (Å²) in [6.45, 7) is 2.79. The van der Waals surface area contributed by atoms with Gasteiger partial charge in [0.15, 0.2) is 0 Å². The first-order valence-corrected chi connectivity index (χ1v) is 5.56. The molecule has 0 spiro atoms. The van der Waals surface area contributed by atoms with Gasteiger partial charge in [0.05, 0.1) is 11.6 Å². The van der Waals surface area contributed by atoms with Crippen LogP contribution in [0, 0.1) is 12.3 Å². The number of nitrogens with one attached hydrogen (secondary N) is 1. The molecule has 1 unspecified atom stereocenters. The Balaban J connectivity index is 2.73. The molecule has 0 amide bonds. The lowest BCUT2D eigenvalue weighted by Crippen LogP contribution is -2.52. The van der Waals surface area contributed by atoms with Gasteiger partial charge in [-0.15, -0.1) is 6.42 Å². The Bertz CT molecular complexity index is 195. The van der Waals surface area contributed by atoms with Crippen LogP contribution in [0.3, 0.4) is 0 Å². The number of hydrogen-bond acceptors (Lipinski definition) is 2. The quantitative estimate of drug-likeness (QED) is 0.692. The van der Waals surface area contributed by atoms with Crippen LogP contribution in [-0.4, -0.2) is 25.3 Å². The first-order valence-electron chi connectivity index (χ1n) is 5.56. The molecule has 0 aliphatic heterocycles. The highest BCUT2D eigenvalue weighted by atomic mass is 16.5. The normalized spacial score (nSPS) is 22.6. The average molecular weight is 195 g/mol. The minimum absolute atomic E-state index is 0.0581. The maximum atomic E-state index is 5.91. The first kappa shape index (κ1) is 11.6. The molecule has 1 rings (SSSR count). The van der Waals surface area contributed by atoms with Gasteiger partial charge in [-0.25, -0.2) is 0 Å². The first-order chi connectivity index (χ1) is 6.79. The van der Waals surface area contributed by atoms with E-state index in [2.05, 4.69) is 11.2 Å². The van der Waals surface area contributed by atoms with Crippen LogP contribution in [0.1, 0.15) is 39.0 Å². The Kier molecular flexibility index (Phi) is 4.44. The SMILES string of the molecule is C#CC(NC)C1(OCC)CCCCC1. The van der Waals surface area contributed by atoms with E-state index in [0.29, 0.717) is 0 Å². The molecule has 1 saturated carbocycles. The molecule has 14 heavy (non-hydrogen) atoms. The fourth-order valence-electron chi connectivity index (χ4n) is 2.45. The van der Waals surface area contributed by atoms with E-state index >= 15 is 0 Å². The minimum Gasteiger partial charge on any atom is -0.373 e. The molecule has 1 aliphatic rings. The summed E-state index contributed by atoms with van der Waals surface area (Å²) in [5.74, 6) is 2.81. The van der Waals surface area contributed by atoms with E-state index in [1.165, 1.54) is 19.3 Å². The van der Waals surface area contributed by atoms with Gasteiger partial charge in [-0.05, 0) is 26.8 Å². The van der Waals surface area contributed by atoms with Gasteiger partial charge < -0.3 is 10.1 Å². The zero-order chi connectivity index (χ0) is 10.4. The minimum atomic E-state index is -0.101. The van der Waals surface area contributed by atoms with Crippen LogP contribution in [0.25, 0.3) is 0 Å². The van der Waals surface area contributed by atoms with Crippen LogP contribution in [-0.2, 0) is 4.74 Å². The fraction of sp³-hybridized carbons (Fsp3) is 0.833. The maximum absolute atomic E-state index is 5.91. The zero-order valence-corrected chi connectivity index (χ0v) is 9.31. The van der Waals surface area contributed by atoms with Crippen molar-refractivity contribution in [3.63, 3.8) is 0 Å². The van der Waals surface area contributed by atoms with E-state index in [-0.39, 0.29) is 11.6 Å². The van der Waals surface area contributed by atoms with Crippen LogP contribution in [0.5, 0.6) is 0 Å². The van der Waals surface area contributed by atoms with Crippen LogP contribution >= 0.6 is 0 Å². The Morgan fingerprint density at radius 2 is 2.07 bits per heavy atom. The van der Waals surface area contributed by atoms with Crippen LogP contribution in [0.2, 0.25) is 0 Å². The lowest BCUT2D eigenvalue weighted by atomic mass is 9.79. The second-order valence-electron chi connectivity index (χ2n) is 3.95. The van der Waals surface area contributed by atoms with Crippen molar-refractivity contribution in [1.82, 2.24) is 5.32 Å². The number of hydrogen-bond donors (Lipinski definition) is 1. The van der Waals surface area contributed by atoms with Crippen LogP contribution in [0.15, 0.2) is 0 Å². The molecule has 1 fully saturated rings. The van der Waals surface area contributed by atoms with Crippen molar-refractivity contribution in [3.05, 3.63) is 0 Å². The monoisotopic (exact) mass is 195 g/mol. The molecule has 0 aromatic heterocycles. The van der Waals surface area contributed by atoms with E-state index in [9.17, 15) is 0 Å². The summed E-state index contributed by atoms with van der Waals surface area (Å²) in [6, 6.07) is 0.0581. The molecular weight excluding hydrogens is 174 g/mol. The van der Waals surface area contributed by atoms with Crippen molar-refractivity contribution in [2.24, 2.45) is 0 Å². The molecule has 1 atom stereocenters. The summed E-state index contributed by atoms with van der Waals surface area (Å²) < 4.78 is 5.91. The Morgan fingerprint density at radius 3 is 2.50 bits per heavy atom. The summed E-state index contributed by atoms with van der Waals surface area (Å²) in [5, 5.41) is 3.19. The number of rotatable bonds is 4. The van der Waals surface area contributed by atoms with Crippen molar-refractivity contribution >= 4 is 0 Å². The van der Waals surface area contributed by atoms with Crippen molar-refractivity contribution in [3.8, 4) is 12.3 Å². The molecule has 0 bridgehead atoms. The highest BCUT2D eigenvalue weighted by Gasteiger charge is 2.38. The summed E-state index contributed by atoms with van der Waals surface area (Å²) in [4.78, 5) is 0. The van der Waals surface area contributed by atoms with Gasteiger partial charge in [-0.3, -0.25) is 0 Å². The lowest BCUT2D eigenvalue weighted by molar-refractivity contribution is -0.0763. The number of likely N-dealkylation sites (N-methyl/N-ethyl adjacent to an activating group) is 1. The van der Waals surface area contributed by atoms with Gasteiger partial charge in [-0.2, -0.15) is 0 Å². The second kappa shape index (κ2) is 5.38. The van der Waals surface area contributed by atoms with Crippen LogP contribution < -0.4 is 5.32 Å². The summed E-state index contributed by atoms with van der Waals surface area (Å²) >= 11 is 0. The highest BCUT2D eigenvalue weighted by Crippen LogP contribution is 2.34. The number of ether oxygens (including phenoxy) is 1. The molecular formula is C12H21NO. The van der Waals surface area contributed by atoms with E-state index in [1.54, 1.807) is 0 Å². The fourth-order valence-corrected chi connectivity index (χ4v) is 2.45. The lowest BCUT2D eigenvalue weighted by Gasteiger charge is -2.40. The summed E-state index contributed by atoms with van der Waals surface area (Å²) in [6.07, 6.45) is 11.5. The predicted octanol–water partition coefficient (Wildman–Crippen LogP) is 1.95. The zero-order valence-electron chi connectivity index (χ0n) is 9.31. The summed E-state index contributed by atoms with van der Waals surface area (Å²) in [7, 11) is 1.92. The summed E-state index contributed by atoms with van der Waals surface area (Å²) in [5.41, 5.74) is -0.101. The highest BCUT2D eigenvalue weighted by molar-refractivity contribution is 5.11. The topological polar surface area (TPSA) is 21.3 Å². The van der Waals surface area contributed by atoms with E-state index in [1.807, 2.05) is 14.0 Å². The van der Waals surface area contributed by atoms with Gasteiger partial charge in [0.1, 0.15) is 0 Å². The molecule has 0 heterocycles. The van der Waals surface area contributed by atoms with Crippen LogP contribution in [0.4, 0.5) is 0 Å². The third-order valence-electron chi connectivity index (χ3n) is 3.11. The third kappa shape index (κ3) is 2.29. The smallest absolute Gasteiger partial charge is 0.0978 e. The molecule has 1 aliphatic carbocycles. The molecule has 1 N–H and O–H groups in total.